The van der Waals surface area contributed by atoms with Gasteiger partial charge in [-0.3, -0.25) is 14.3 Å². The number of carbonyl (C=O) groups excluding carboxylic acids is 2. The summed E-state index contributed by atoms with van der Waals surface area (Å²) < 4.78 is 38.6. The van der Waals surface area contributed by atoms with E-state index in [1.807, 2.05) is 0 Å². The monoisotopic (exact) mass is 463 g/mol. The Bertz CT molecular complexity index is 1120. The number of hydrogen-bond donors (Lipinski definition) is 2. The molecule has 2 aromatic carbocycles. The van der Waals surface area contributed by atoms with Crippen LogP contribution in [0.5, 0.6) is 5.75 Å². The van der Waals surface area contributed by atoms with Gasteiger partial charge in [0.1, 0.15) is 5.75 Å². The third-order valence-corrected chi connectivity index (χ3v) is 7.53. The highest BCUT2D eigenvalue weighted by molar-refractivity contribution is 8.01. The molecule has 11 heteroatoms. The third-order valence-electron chi connectivity index (χ3n) is 4.90. The van der Waals surface area contributed by atoms with E-state index in [1.54, 1.807) is 35.2 Å². The third kappa shape index (κ3) is 4.48. The molecule has 2 amide bonds. The zero-order valence-corrected chi connectivity index (χ0v) is 18.3. The van der Waals surface area contributed by atoms with Gasteiger partial charge >= 0.3 is 0 Å². The fourth-order valence-electron chi connectivity index (χ4n) is 3.30. The first kappa shape index (κ1) is 21.5. The van der Waals surface area contributed by atoms with Gasteiger partial charge in [0.15, 0.2) is 5.25 Å². The Labute approximate surface area is 184 Å². The molecule has 0 radical (unpaired) electrons. The van der Waals surface area contributed by atoms with Crippen LogP contribution in [0.15, 0.2) is 52.3 Å². The van der Waals surface area contributed by atoms with E-state index in [4.69, 9.17) is 9.47 Å². The molecule has 2 heterocycles. The molecule has 0 unspecified atom stereocenters. The molecule has 31 heavy (non-hydrogen) atoms. The first-order chi connectivity index (χ1) is 14.9. The second-order valence-electron chi connectivity index (χ2n) is 6.89. The molecule has 0 saturated carbocycles. The fraction of sp³-hybridized carbons (Fsp3) is 0.300. The summed E-state index contributed by atoms with van der Waals surface area (Å²) in [5.41, 5.74) is 0.654. The quantitative estimate of drug-likeness (QED) is 0.650. The van der Waals surface area contributed by atoms with Crippen LogP contribution in [-0.4, -0.2) is 63.8 Å². The van der Waals surface area contributed by atoms with Crippen LogP contribution >= 0.6 is 11.8 Å². The zero-order valence-electron chi connectivity index (χ0n) is 16.7. The molecule has 1 saturated heterocycles. The Hall–Kier alpha value is -2.76. The average molecular weight is 464 g/mol. The van der Waals surface area contributed by atoms with Gasteiger partial charge in [-0.05, 0) is 30.3 Å². The maximum absolute atomic E-state index is 12.9. The van der Waals surface area contributed by atoms with E-state index in [-0.39, 0.29) is 10.8 Å². The molecule has 2 aliphatic heterocycles. The summed E-state index contributed by atoms with van der Waals surface area (Å²) in [5, 5.41) is 1.76. The van der Waals surface area contributed by atoms with Crippen molar-refractivity contribution in [3.63, 3.8) is 0 Å². The van der Waals surface area contributed by atoms with Gasteiger partial charge in [-0.25, -0.2) is 8.42 Å². The van der Waals surface area contributed by atoms with Crippen LogP contribution < -0.4 is 14.8 Å². The highest BCUT2D eigenvalue weighted by Gasteiger charge is 2.36. The Kier molecular flexibility index (Phi) is 6.08. The topological polar surface area (TPSA) is 114 Å². The number of thioether (sulfide) groups is 1. The smallest absolute Gasteiger partial charge is 0.262 e. The molecule has 9 nitrogen and oxygen atoms in total. The minimum atomic E-state index is -3.92. The van der Waals surface area contributed by atoms with Gasteiger partial charge in [0.25, 0.3) is 10.0 Å². The number of fused-ring (bicyclic) bond motifs is 1. The summed E-state index contributed by atoms with van der Waals surface area (Å²) in [6.45, 7) is 1.78. The number of benzene rings is 2. The number of anilines is 2. The van der Waals surface area contributed by atoms with Gasteiger partial charge in [-0.1, -0.05) is 12.1 Å². The highest BCUT2D eigenvalue weighted by Crippen LogP contribution is 2.38. The van der Waals surface area contributed by atoms with Crippen molar-refractivity contribution in [2.45, 2.75) is 15.0 Å². The van der Waals surface area contributed by atoms with Gasteiger partial charge in [-0.15, -0.1) is 11.8 Å². The van der Waals surface area contributed by atoms with Gasteiger partial charge in [-0.2, -0.15) is 0 Å². The van der Waals surface area contributed by atoms with Crippen LogP contribution in [0.2, 0.25) is 0 Å². The molecule has 2 N–H and O–H groups in total. The minimum absolute atomic E-state index is 0.0176. The van der Waals surface area contributed by atoms with Crippen molar-refractivity contribution in [3.8, 4) is 5.75 Å². The largest absolute Gasteiger partial charge is 0.495 e. The van der Waals surface area contributed by atoms with Crippen LogP contribution in [0, 0.1) is 0 Å². The lowest BCUT2D eigenvalue weighted by atomic mass is 10.2. The molecule has 2 aromatic rings. The lowest BCUT2D eigenvalue weighted by molar-refractivity contribution is -0.137. The molecule has 0 aromatic heterocycles. The van der Waals surface area contributed by atoms with Crippen LogP contribution in [-0.2, 0) is 24.3 Å². The summed E-state index contributed by atoms with van der Waals surface area (Å²) in [6, 6.07) is 11.1. The van der Waals surface area contributed by atoms with E-state index in [1.165, 1.54) is 19.2 Å². The number of carbonyl (C=O) groups is 2. The normalized spacial score (nSPS) is 18.7. The molecule has 0 spiro atoms. The molecular weight excluding hydrogens is 442 g/mol. The van der Waals surface area contributed by atoms with Crippen molar-refractivity contribution >= 4 is 45.0 Å². The first-order valence-electron chi connectivity index (χ1n) is 9.53. The summed E-state index contributed by atoms with van der Waals surface area (Å²) in [7, 11) is -2.47. The Morgan fingerprint density at radius 2 is 1.97 bits per heavy atom. The van der Waals surface area contributed by atoms with Gasteiger partial charge in [0.05, 0.1) is 36.6 Å². The van der Waals surface area contributed by atoms with E-state index in [0.29, 0.717) is 48.3 Å². The lowest BCUT2D eigenvalue weighted by Gasteiger charge is -2.31. The first-order valence-corrected chi connectivity index (χ1v) is 11.9. The van der Waals surface area contributed by atoms with Crippen LogP contribution in [0.25, 0.3) is 0 Å². The predicted octanol–water partition coefficient (Wildman–Crippen LogP) is 1.77. The number of amides is 2. The molecule has 0 bridgehead atoms. The van der Waals surface area contributed by atoms with Gasteiger partial charge < -0.3 is 19.7 Å². The van der Waals surface area contributed by atoms with Gasteiger partial charge in [0.2, 0.25) is 11.8 Å². The second kappa shape index (κ2) is 8.77. The number of sulfonamides is 1. The van der Waals surface area contributed by atoms with Crippen LogP contribution in [0.1, 0.15) is 0 Å². The van der Waals surface area contributed by atoms with Crippen molar-refractivity contribution in [3.05, 3.63) is 42.5 Å². The van der Waals surface area contributed by atoms with Crippen molar-refractivity contribution in [2.75, 3.05) is 43.5 Å². The van der Waals surface area contributed by atoms with Crippen molar-refractivity contribution in [1.29, 1.82) is 0 Å². The summed E-state index contributed by atoms with van der Waals surface area (Å²) in [5.74, 6) is -0.357. The van der Waals surface area contributed by atoms with Crippen LogP contribution in [0.4, 0.5) is 11.4 Å². The Balaban J connectivity index is 1.55. The predicted molar refractivity (Wildman–Crippen MR) is 116 cm³/mol. The fourth-order valence-corrected chi connectivity index (χ4v) is 5.45. The summed E-state index contributed by atoms with van der Waals surface area (Å²) in [4.78, 5) is 27.5. The van der Waals surface area contributed by atoms with Crippen molar-refractivity contribution in [1.82, 2.24) is 4.90 Å². The average Bonchev–Trinajstić information content (AvgIpc) is 2.78. The highest BCUT2D eigenvalue weighted by atomic mass is 32.2. The van der Waals surface area contributed by atoms with Crippen LogP contribution in [0.3, 0.4) is 0 Å². The molecule has 2 aliphatic rings. The number of methoxy groups -OCH3 is 1. The van der Waals surface area contributed by atoms with E-state index >= 15 is 0 Å². The lowest BCUT2D eigenvalue weighted by Crippen LogP contribution is -2.49. The zero-order chi connectivity index (χ0) is 22.0. The maximum atomic E-state index is 12.9. The standard InChI is InChI=1S/C20H21N3O6S2/c1-28-16-5-3-2-4-14(16)22-31(26,27)13-6-7-17-15(12-13)21-19(24)18(30-17)20(25)23-8-10-29-11-9-23/h2-7,12,18,22H,8-11H2,1H3,(H,21,24)/t18-/m0/s1. The van der Waals surface area contributed by atoms with E-state index in [0.717, 1.165) is 11.8 Å². The number of morpholine rings is 1. The molecular formula is C20H21N3O6S2. The molecule has 164 valence electrons. The second-order valence-corrected chi connectivity index (χ2v) is 9.72. The number of rotatable bonds is 5. The maximum Gasteiger partial charge on any atom is 0.262 e. The number of hydrogen-bond acceptors (Lipinski definition) is 7. The minimum Gasteiger partial charge on any atom is -0.495 e. The molecule has 1 fully saturated rings. The van der Waals surface area contributed by atoms with E-state index in [2.05, 4.69) is 10.0 Å². The summed E-state index contributed by atoms with van der Waals surface area (Å²) >= 11 is 1.12. The van der Waals surface area contributed by atoms with Gasteiger partial charge in [0, 0.05) is 18.0 Å². The number of nitrogens with zero attached hydrogens (tertiary/aromatic N) is 1. The number of para-hydroxylation sites is 2. The SMILES string of the molecule is COc1ccccc1NS(=O)(=O)c1ccc2c(c1)NC(=O)[C@@H](C(=O)N1CCOCC1)S2. The van der Waals surface area contributed by atoms with Crippen molar-refractivity contribution < 1.29 is 27.5 Å². The van der Waals surface area contributed by atoms with E-state index < -0.39 is 21.2 Å². The molecule has 4 rings (SSSR count). The number of nitrogens with one attached hydrogen (secondary N) is 2. The number of ether oxygens (including phenoxy) is 2. The molecule has 0 aliphatic carbocycles. The summed E-state index contributed by atoms with van der Waals surface area (Å²) in [6.07, 6.45) is 0. The molecule has 1 atom stereocenters. The Morgan fingerprint density at radius 1 is 1.23 bits per heavy atom. The Morgan fingerprint density at radius 3 is 2.71 bits per heavy atom. The van der Waals surface area contributed by atoms with Crippen molar-refractivity contribution in [2.24, 2.45) is 0 Å². The van der Waals surface area contributed by atoms with E-state index in [9.17, 15) is 18.0 Å².